The van der Waals surface area contributed by atoms with Gasteiger partial charge in [0.05, 0.1) is 15.9 Å². The van der Waals surface area contributed by atoms with Crippen LogP contribution in [0, 0.1) is 10.1 Å². The largest absolute Gasteiger partial charge is 0.459 e. The molecule has 0 bridgehead atoms. The molecule has 0 aliphatic carbocycles. The van der Waals surface area contributed by atoms with E-state index >= 15 is 0 Å². The molecule has 0 aliphatic heterocycles. The van der Waals surface area contributed by atoms with Crippen molar-refractivity contribution in [3.05, 3.63) is 70.5 Å². The minimum atomic E-state index is -3.82. The molecule has 0 aliphatic rings. The Hall–Kier alpha value is -2.71. The Morgan fingerprint density at radius 3 is 2.36 bits per heavy atom. The second kappa shape index (κ2) is 6.30. The van der Waals surface area contributed by atoms with Crippen LogP contribution in [0.25, 0.3) is 11.0 Å². The maximum absolute atomic E-state index is 12.8. The van der Waals surface area contributed by atoms with E-state index in [2.05, 4.69) is 0 Å². The van der Waals surface area contributed by atoms with Gasteiger partial charge in [-0.25, -0.2) is 8.42 Å². The maximum Gasteiger partial charge on any atom is 0.269 e. The summed E-state index contributed by atoms with van der Waals surface area (Å²) in [7, 11) is -2.36. The zero-order valence-electron chi connectivity index (χ0n) is 13.6. The summed E-state index contributed by atoms with van der Waals surface area (Å²) in [4.78, 5) is 10.1. The van der Waals surface area contributed by atoms with Gasteiger partial charge in [0.2, 0.25) is 10.0 Å². The number of sulfonamides is 1. The van der Waals surface area contributed by atoms with Crippen molar-refractivity contribution >= 4 is 26.7 Å². The third kappa shape index (κ3) is 3.13. The first-order valence-electron chi connectivity index (χ1n) is 7.51. The Balaban J connectivity index is 1.91. The number of hydrogen-bond acceptors (Lipinski definition) is 5. The van der Waals surface area contributed by atoms with Crippen molar-refractivity contribution in [3.8, 4) is 0 Å². The van der Waals surface area contributed by atoms with Crippen LogP contribution in [0.15, 0.2) is 63.9 Å². The van der Waals surface area contributed by atoms with E-state index < -0.39 is 21.0 Å². The van der Waals surface area contributed by atoms with Gasteiger partial charge in [-0.2, -0.15) is 4.31 Å². The van der Waals surface area contributed by atoms with E-state index in [1.165, 1.54) is 35.6 Å². The van der Waals surface area contributed by atoms with Gasteiger partial charge in [0.1, 0.15) is 11.3 Å². The molecule has 0 unspecified atom stereocenters. The summed E-state index contributed by atoms with van der Waals surface area (Å²) in [5, 5.41) is 11.6. The van der Waals surface area contributed by atoms with Crippen molar-refractivity contribution in [2.24, 2.45) is 0 Å². The standard InChI is InChI=1S/C17H16N2O5S/c1-12(17-11-13-5-3-4-6-16(13)24-17)18(2)25(22,23)15-9-7-14(8-10-15)19(20)21/h3-12H,1-2H3/t12-/m1/s1. The van der Waals surface area contributed by atoms with Crippen molar-refractivity contribution in [1.82, 2.24) is 4.31 Å². The quantitative estimate of drug-likeness (QED) is 0.510. The summed E-state index contributed by atoms with van der Waals surface area (Å²) >= 11 is 0. The number of rotatable bonds is 5. The average Bonchev–Trinajstić information content (AvgIpc) is 3.04. The first-order chi connectivity index (χ1) is 11.8. The number of benzene rings is 2. The fraction of sp³-hybridized carbons (Fsp3) is 0.176. The minimum absolute atomic E-state index is 0.0106. The number of hydrogen-bond donors (Lipinski definition) is 0. The highest BCUT2D eigenvalue weighted by Gasteiger charge is 2.28. The SMILES string of the molecule is C[C@H](c1cc2ccccc2o1)N(C)S(=O)(=O)c1ccc([N+](=O)[O-])cc1. The lowest BCUT2D eigenvalue weighted by Crippen LogP contribution is -2.29. The van der Waals surface area contributed by atoms with E-state index in [0.717, 1.165) is 5.39 Å². The number of nitro benzene ring substituents is 1. The molecule has 0 radical (unpaired) electrons. The molecular formula is C17H16N2O5S. The van der Waals surface area contributed by atoms with Crippen molar-refractivity contribution in [3.63, 3.8) is 0 Å². The summed E-state index contributed by atoms with van der Waals surface area (Å²) in [5.74, 6) is 0.522. The third-order valence-corrected chi connectivity index (χ3v) is 6.07. The molecule has 0 fully saturated rings. The summed E-state index contributed by atoms with van der Waals surface area (Å²) in [6.45, 7) is 1.72. The van der Waals surface area contributed by atoms with Gasteiger partial charge >= 0.3 is 0 Å². The topological polar surface area (TPSA) is 93.7 Å². The summed E-state index contributed by atoms with van der Waals surface area (Å²) in [6, 6.07) is 13.5. The van der Waals surface area contributed by atoms with E-state index in [1.807, 2.05) is 30.3 Å². The van der Waals surface area contributed by atoms with Crippen LogP contribution in [0.1, 0.15) is 18.7 Å². The van der Waals surface area contributed by atoms with Gasteiger partial charge < -0.3 is 4.42 Å². The van der Waals surface area contributed by atoms with Crippen LogP contribution < -0.4 is 0 Å². The van der Waals surface area contributed by atoms with Gasteiger partial charge in [-0.1, -0.05) is 18.2 Å². The van der Waals surface area contributed by atoms with Crippen molar-refractivity contribution in [2.75, 3.05) is 7.05 Å². The third-order valence-electron chi connectivity index (χ3n) is 4.13. The number of nitro groups is 1. The first kappa shape index (κ1) is 17.1. The number of non-ortho nitro benzene ring substituents is 1. The van der Waals surface area contributed by atoms with Gasteiger partial charge in [0, 0.05) is 24.6 Å². The van der Waals surface area contributed by atoms with Crippen LogP contribution in [0.3, 0.4) is 0 Å². The van der Waals surface area contributed by atoms with Crippen LogP contribution in [0.2, 0.25) is 0 Å². The average molecular weight is 360 g/mol. The van der Waals surface area contributed by atoms with E-state index in [-0.39, 0.29) is 10.6 Å². The molecule has 0 amide bonds. The maximum atomic E-state index is 12.8. The zero-order chi connectivity index (χ0) is 18.2. The summed E-state index contributed by atoms with van der Waals surface area (Å²) in [5.41, 5.74) is 0.525. The highest BCUT2D eigenvalue weighted by atomic mass is 32.2. The fourth-order valence-corrected chi connectivity index (χ4v) is 3.83. The second-order valence-corrected chi connectivity index (χ2v) is 7.63. The second-order valence-electron chi connectivity index (χ2n) is 5.63. The molecule has 0 spiro atoms. The van der Waals surface area contributed by atoms with Crippen LogP contribution in [-0.4, -0.2) is 24.7 Å². The zero-order valence-corrected chi connectivity index (χ0v) is 14.4. The molecule has 0 N–H and O–H groups in total. The lowest BCUT2D eigenvalue weighted by Gasteiger charge is -2.22. The van der Waals surface area contributed by atoms with Crippen molar-refractivity contribution in [2.45, 2.75) is 17.9 Å². The van der Waals surface area contributed by atoms with E-state index in [0.29, 0.717) is 11.3 Å². The Morgan fingerprint density at radius 2 is 1.76 bits per heavy atom. The number of para-hydroxylation sites is 1. The molecule has 3 aromatic rings. The van der Waals surface area contributed by atoms with E-state index in [9.17, 15) is 18.5 Å². The van der Waals surface area contributed by atoms with Gasteiger partial charge in [-0.05, 0) is 31.2 Å². The Labute approximate surface area is 144 Å². The van der Waals surface area contributed by atoms with E-state index in [4.69, 9.17) is 4.42 Å². The number of furan rings is 1. The van der Waals surface area contributed by atoms with Gasteiger partial charge in [-0.3, -0.25) is 10.1 Å². The highest BCUT2D eigenvalue weighted by Crippen LogP contribution is 2.30. The Bertz CT molecular complexity index is 992. The first-order valence-corrected chi connectivity index (χ1v) is 8.95. The minimum Gasteiger partial charge on any atom is -0.459 e. The molecule has 2 aromatic carbocycles. The number of fused-ring (bicyclic) bond motifs is 1. The lowest BCUT2D eigenvalue weighted by atomic mass is 10.2. The molecule has 0 saturated carbocycles. The van der Waals surface area contributed by atoms with Gasteiger partial charge in [0.15, 0.2) is 0 Å². The van der Waals surface area contributed by atoms with Crippen LogP contribution in [0.4, 0.5) is 5.69 Å². The summed E-state index contributed by atoms with van der Waals surface area (Å²) in [6.07, 6.45) is 0. The summed E-state index contributed by atoms with van der Waals surface area (Å²) < 4.78 is 32.4. The van der Waals surface area contributed by atoms with Gasteiger partial charge in [0.25, 0.3) is 5.69 Å². The normalized spacial score (nSPS) is 13.2. The van der Waals surface area contributed by atoms with Gasteiger partial charge in [-0.15, -0.1) is 0 Å². The smallest absolute Gasteiger partial charge is 0.269 e. The highest BCUT2D eigenvalue weighted by molar-refractivity contribution is 7.89. The molecule has 25 heavy (non-hydrogen) atoms. The van der Waals surface area contributed by atoms with Crippen molar-refractivity contribution in [1.29, 1.82) is 0 Å². The predicted molar refractivity (Wildman–Crippen MR) is 92.7 cm³/mol. The van der Waals surface area contributed by atoms with E-state index in [1.54, 1.807) is 6.92 Å². The monoisotopic (exact) mass is 360 g/mol. The lowest BCUT2D eigenvalue weighted by molar-refractivity contribution is -0.384. The Morgan fingerprint density at radius 1 is 1.12 bits per heavy atom. The fourth-order valence-electron chi connectivity index (χ4n) is 2.50. The molecule has 1 heterocycles. The predicted octanol–water partition coefficient (Wildman–Crippen LogP) is 3.72. The van der Waals surface area contributed by atoms with Crippen LogP contribution >= 0.6 is 0 Å². The molecule has 0 saturated heterocycles. The molecule has 8 heteroatoms. The molecule has 1 atom stereocenters. The molecule has 130 valence electrons. The molecule has 1 aromatic heterocycles. The van der Waals surface area contributed by atoms with Crippen molar-refractivity contribution < 1.29 is 17.8 Å². The number of nitrogens with zero attached hydrogens (tertiary/aromatic N) is 2. The molecule has 3 rings (SSSR count). The van der Waals surface area contributed by atoms with Crippen LogP contribution in [-0.2, 0) is 10.0 Å². The molecule has 7 nitrogen and oxygen atoms in total. The molecular weight excluding hydrogens is 344 g/mol. The Kier molecular flexibility index (Phi) is 4.32. The van der Waals surface area contributed by atoms with Crippen LogP contribution in [0.5, 0.6) is 0 Å².